The van der Waals surface area contributed by atoms with E-state index in [-0.39, 0.29) is 49.9 Å². The summed E-state index contributed by atoms with van der Waals surface area (Å²) in [5.41, 5.74) is 0.196. The quantitative estimate of drug-likeness (QED) is 0.259. The van der Waals surface area contributed by atoms with Crippen LogP contribution in [0.2, 0.25) is 0 Å². The Hall–Kier alpha value is -4.14. The molecule has 272 valence electrons. The van der Waals surface area contributed by atoms with Crippen molar-refractivity contribution in [2.75, 3.05) is 46.0 Å². The molecule has 0 bridgehead atoms. The van der Waals surface area contributed by atoms with Gasteiger partial charge in [0.25, 0.3) is 0 Å². The van der Waals surface area contributed by atoms with Crippen molar-refractivity contribution in [1.82, 2.24) is 24.7 Å². The van der Waals surface area contributed by atoms with Gasteiger partial charge in [-0.1, -0.05) is 30.3 Å². The van der Waals surface area contributed by atoms with Gasteiger partial charge in [0, 0.05) is 57.1 Å². The zero-order chi connectivity index (χ0) is 36.0. The number of likely N-dealkylation sites (tertiary alicyclic amines) is 1. The second-order valence-electron chi connectivity index (χ2n) is 14.0. The predicted octanol–water partition coefficient (Wildman–Crippen LogP) is 4.91. The number of amides is 3. The maximum Gasteiger partial charge on any atom is 0.410 e. The maximum atomic E-state index is 15.8. The van der Waals surface area contributed by atoms with Crippen molar-refractivity contribution < 1.29 is 42.4 Å². The van der Waals surface area contributed by atoms with Crippen LogP contribution < -0.4 is 5.32 Å². The number of carbonyl (C=O) groups is 2. The molecule has 3 aromatic rings. The number of hydrogen-bond donors (Lipinski definition) is 3. The summed E-state index contributed by atoms with van der Waals surface area (Å²) >= 11 is 0. The third kappa shape index (κ3) is 9.34. The molecule has 3 amide bonds. The summed E-state index contributed by atoms with van der Waals surface area (Å²) in [5, 5.41) is 22.2. The third-order valence-corrected chi connectivity index (χ3v) is 8.92. The number of imidazole rings is 1. The molecule has 5 rings (SSSR count). The first-order valence-corrected chi connectivity index (χ1v) is 16.9. The molecule has 0 spiro atoms. The summed E-state index contributed by atoms with van der Waals surface area (Å²) in [7, 11) is 0. The van der Waals surface area contributed by atoms with Crippen LogP contribution in [0.4, 0.5) is 22.8 Å². The van der Waals surface area contributed by atoms with E-state index in [1.165, 1.54) is 9.80 Å². The second kappa shape index (κ2) is 16.3. The molecule has 2 aromatic carbocycles. The smallest absolute Gasteiger partial charge is 0.410 e. The number of benzene rings is 2. The van der Waals surface area contributed by atoms with Crippen molar-refractivity contribution in [3.63, 3.8) is 0 Å². The highest BCUT2D eigenvalue weighted by atomic mass is 19.1. The first-order valence-electron chi connectivity index (χ1n) is 16.9. The van der Waals surface area contributed by atoms with E-state index in [1.807, 2.05) is 30.3 Å². The van der Waals surface area contributed by atoms with Crippen molar-refractivity contribution >= 4 is 12.1 Å². The molecule has 2 saturated heterocycles. The molecule has 3 heterocycles. The van der Waals surface area contributed by atoms with Crippen molar-refractivity contribution in [3.05, 3.63) is 77.8 Å². The summed E-state index contributed by atoms with van der Waals surface area (Å²) in [6.07, 6.45) is -0.737. The number of ether oxygens (including phenoxy) is 2. The van der Waals surface area contributed by atoms with E-state index in [2.05, 4.69) is 5.32 Å². The Balaban J connectivity index is 1.59. The first-order chi connectivity index (χ1) is 23.8. The fraction of sp³-hybridized carbons (Fsp3) is 0.528. The van der Waals surface area contributed by atoms with E-state index in [1.54, 1.807) is 31.5 Å². The molecular formula is C36H46F3N5O6. The van der Waals surface area contributed by atoms with Crippen LogP contribution >= 0.6 is 0 Å². The van der Waals surface area contributed by atoms with E-state index in [9.17, 15) is 24.2 Å². The summed E-state index contributed by atoms with van der Waals surface area (Å²) in [6.45, 7) is 4.98. The molecule has 14 heteroatoms. The van der Waals surface area contributed by atoms with Gasteiger partial charge in [-0.05, 0) is 63.3 Å². The maximum absolute atomic E-state index is 15.8. The molecule has 3 N–H and O–H groups in total. The molecule has 0 aliphatic carbocycles. The molecular weight excluding hydrogens is 655 g/mol. The topological polar surface area (TPSA) is 129 Å². The molecule has 4 atom stereocenters. The van der Waals surface area contributed by atoms with E-state index < -0.39 is 60.2 Å². The lowest BCUT2D eigenvalue weighted by molar-refractivity contribution is 0.0231. The van der Waals surface area contributed by atoms with E-state index >= 15 is 8.78 Å². The SMILES string of the molecule is CC(C)(C)OC(=O)N1C[C@@H](CN(C(=O)NC[C@@H](O)CO)[C@@H](c2nc(-c3cc(F)ccc3F)cn2Cc2ccccc2)C2CCOCC2)[C@@H](F)C1. The minimum atomic E-state index is -1.49. The van der Waals surface area contributed by atoms with Gasteiger partial charge in [-0.25, -0.2) is 27.7 Å². The number of aromatic nitrogens is 2. The van der Waals surface area contributed by atoms with Gasteiger partial charge in [0.2, 0.25) is 0 Å². The first kappa shape index (κ1) is 37.1. The Kier molecular flexibility index (Phi) is 12.1. The number of aliphatic hydroxyl groups is 2. The molecule has 2 fully saturated rings. The van der Waals surface area contributed by atoms with Gasteiger partial charge in [0.15, 0.2) is 0 Å². The number of carbonyl (C=O) groups excluding carboxylic acids is 2. The van der Waals surface area contributed by atoms with E-state index in [0.717, 1.165) is 23.8 Å². The Morgan fingerprint density at radius 1 is 1.12 bits per heavy atom. The number of hydrogen-bond acceptors (Lipinski definition) is 7. The summed E-state index contributed by atoms with van der Waals surface area (Å²) in [5.74, 6) is -2.01. The van der Waals surface area contributed by atoms with Crippen molar-refractivity contribution in [1.29, 1.82) is 0 Å². The zero-order valence-electron chi connectivity index (χ0n) is 28.6. The zero-order valence-corrected chi connectivity index (χ0v) is 28.6. The molecule has 50 heavy (non-hydrogen) atoms. The number of halogens is 3. The fourth-order valence-corrected chi connectivity index (χ4v) is 6.46. The standard InChI is InChI=1S/C36H46F3N5O6/c1-36(2,3)50-35(48)43-18-25(30(39)20-43)19-44(34(47)40-16-27(46)22-45)32(24-11-13-49-14-12-24)33-41-31(28-15-26(37)9-10-29(28)38)21-42(33)17-23-7-5-4-6-8-23/h4-10,15,21,24-25,27,30,32,45-46H,11-14,16-20,22H2,1-3H3,(H,40,47)/t25-,27+,30-,32+/m0/s1. The number of alkyl halides is 1. The largest absolute Gasteiger partial charge is 0.444 e. The minimum absolute atomic E-state index is 0.0160. The second-order valence-corrected chi connectivity index (χ2v) is 14.0. The lowest BCUT2D eigenvalue weighted by Gasteiger charge is -2.40. The van der Waals surface area contributed by atoms with Gasteiger partial charge in [-0.15, -0.1) is 0 Å². The van der Waals surface area contributed by atoms with E-state index in [0.29, 0.717) is 31.9 Å². The number of aliphatic hydroxyl groups excluding tert-OH is 2. The van der Waals surface area contributed by atoms with Crippen LogP contribution in [0.15, 0.2) is 54.7 Å². The molecule has 1 aromatic heterocycles. The van der Waals surface area contributed by atoms with Gasteiger partial charge >= 0.3 is 12.1 Å². The van der Waals surface area contributed by atoms with Gasteiger partial charge in [0.1, 0.15) is 29.2 Å². The number of rotatable bonds is 11. The molecule has 2 aliphatic heterocycles. The number of nitrogens with zero attached hydrogens (tertiary/aromatic N) is 4. The van der Waals surface area contributed by atoms with Crippen LogP contribution in [0.25, 0.3) is 11.3 Å². The summed E-state index contributed by atoms with van der Waals surface area (Å²) < 4.78 is 58.3. The molecule has 0 radical (unpaired) electrons. The average molecular weight is 702 g/mol. The third-order valence-electron chi connectivity index (χ3n) is 8.92. The van der Waals surface area contributed by atoms with Gasteiger partial charge in [0.05, 0.1) is 31.0 Å². The highest BCUT2D eigenvalue weighted by Crippen LogP contribution is 2.38. The molecule has 0 saturated carbocycles. The Morgan fingerprint density at radius 3 is 2.52 bits per heavy atom. The van der Waals surface area contributed by atoms with E-state index in [4.69, 9.17) is 14.5 Å². The lowest BCUT2D eigenvalue weighted by Crippen LogP contribution is -2.50. The Labute approximate surface area is 290 Å². The monoisotopic (exact) mass is 701 g/mol. The van der Waals surface area contributed by atoms with Gasteiger partial charge in [-0.2, -0.15) is 0 Å². The minimum Gasteiger partial charge on any atom is -0.444 e. The van der Waals surface area contributed by atoms with Crippen LogP contribution in [0.5, 0.6) is 0 Å². The lowest BCUT2D eigenvalue weighted by atomic mass is 9.89. The Morgan fingerprint density at radius 2 is 1.84 bits per heavy atom. The van der Waals surface area contributed by atoms with Crippen LogP contribution in [0.3, 0.4) is 0 Å². The van der Waals surface area contributed by atoms with Crippen LogP contribution in [-0.2, 0) is 16.0 Å². The molecule has 11 nitrogen and oxygen atoms in total. The van der Waals surface area contributed by atoms with Crippen molar-refractivity contribution in [2.45, 2.75) is 64.1 Å². The van der Waals surface area contributed by atoms with Gasteiger partial charge in [-0.3, -0.25) is 0 Å². The van der Waals surface area contributed by atoms with Crippen LogP contribution in [-0.4, -0.2) is 106 Å². The fourth-order valence-electron chi connectivity index (χ4n) is 6.46. The normalized spacial score (nSPS) is 19.6. The molecule has 2 aliphatic rings. The summed E-state index contributed by atoms with van der Waals surface area (Å²) in [4.78, 5) is 34.7. The number of nitrogens with one attached hydrogen (secondary N) is 1. The van der Waals surface area contributed by atoms with Gasteiger partial charge < -0.3 is 39.4 Å². The number of urea groups is 1. The highest BCUT2D eigenvalue weighted by molar-refractivity contribution is 5.75. The summed E-state index contributed by atoms with van der Waals surface area (Å²) in [6, 6.07) is 11.1. The van der Waals surface area contributed by atoms with Crippen LogP contribution in [0, 0.1) is 23.5 Å². The highest BCUT2D eigenvalue weighted by Gasteiger charge is 2.43. The molecule has 0 unspecified atom stereocenters. The van der Waals surface area contributed by atoms with Crippen molar-refractivity contribution in [3.8, 4) is 11.3 Å². The van der Waals surface area contributed by atoms with Crippen molar-refractivity contribution in [2.24, 2.45) is 11.8 Å². The predicted molar refractivity (Wildman–Crippen MR) is 179 cm³/mol. The average Bonchev–Trinajstić information content (AvgIpc) is 3.67. The van der Waals surface area contributed by atoms with Crippen LogP contribution in [0.1, 0.15) is 51.0 Å². The Bertz CT molecular complexity index is 1600.